The molecule has 140 valence electrons. The summed E-state index contributed by atoms with van der Waals surface area (Å²) in [6.07, 6.45) is 9.38. The standard InChI is InChI=1S/C23H25ClN2O/c1-3-4-7-14-26-15-13-18(21-11-5-6-12-22(21)26)16-23(27)25(2)20-10-8-9-19(24)17-20/h5-6,8-13,15-17H,3-4,7,14H2,1-2H3/b18-16+. The van der Waals surface area contributed by atoms with Crippen LogP contribution in [0.2, 0.25) is 5.02 Å². The second kappa shape index (κ2) is 8.92. The number of hydrogen-bond acceptors (Lipinski definition) is 2. The minimum absolute atomic E-state index is 0.0776. The third kappa shape index (κ3) is 4.61. The molecule has 0 atom stereocenters. The first kappa shape index (κ1) is 19.2. The lowest BCUT2D eigenvalue weighted by molar-refractivity contribution is -0.113. The van der Waals surface area contributed by atoms with Gasteiger partial charge >= 0.3 is 0 Å². The number of amides is 1. The first-order chi connectivity index (χ1) is 13.1. The molecule has 3 nitrogen and oxygen atoms in total. The second-order valence-corrected chi connectivity index (χ2v) is 7.15. The van der Waals surface area contributed by atoms with Gasteiger partial charge in [-0.3, -0.25) is 4.79 Å². The topological polar surface area (TPSA) is 23.6 Å². The van der Waals surface area contributed by atoms with E-state index in [0.717, 1.165) is 35.5 Å². The van der Waals surface area contributed by atoms with Gasteiger partial charge in [0.2, 0.25) is 0 Å². The summed E-state index contributed by atoms with van der Waals surface area (Å²) in [5.41, 5.74) is 3.94. The Kier molecular flexibility index (Phi) is 6.36. The number of anilines is 2. The molecule has 0 bridgehead atoms. The van der Waals surface area contributed by atoms with Gasteiger partial charge in [-0.2, -0.15) is 0 Å². The Hall–Kier alpha value is -2.52. The number of carbonyl (C=O) groups excluding carboxylic acids is 1. The molecular formula is C23H25ClN2O. The quantitative estimate of drug-likeness (QED) is 0.459. The number of rotatable bonds is 6. The van der Waals surface area contributed by atoms with E-state index in [2.05, 4.69) is 30.2 Å². The summed E-state index contributed by atoms with van der Waals surface area (Å²) >= 11 is 6.05. The molecule has 0 unspecified atom stereocenters. The zero-order valence-electron chi connectivity index (χ0n) is 15.9. The molecule has 2 aromatic carbocycles. The molecule has 27 heavy (non-hydrogen) atoms. The van der Waals surface area contributed by atoms with Crippen LogP contribution in [0.15, 0.2) is 66.9 Å². The third-order valence-corrected chi connectivity index (χ3v) is 5.00. The number of carbonyl (C=O) groups is 1. The predicted octanol–water partition coefficient (Wildman–Crippen LogP) is 5.91. The zero-order chi connectivity index (χ0) is 19.2. The number of fused-ring (bicyclic) bond motifs is 1. The summed E-state index contributed by atoms with van der Waals surface area (Å²) < 4.78 is 0. The van der Waals surface area contributed by atoms with Crippen LogP contribution < -0.4 is 9.80 Å². The van der Waals surface area contributed by atoms with Crippen molar-refractivity contribution < 1.29 is 4.79 Å². The fourth-order valence-corrected chi connectivity index (χ4v) is 3.39. The lowest BCUT2D eigenvalue weighted by atomic mass is 9.99. The minimum Gasteiger partial charge on any atom is -0.347 e. The van der Waals surface area contributed by atoms with E-state index in [9.17, 15) is 4.79 Å². The smallest absolute Gasteiger partial charge is 0.251 e. The molecule has 2 aromatic rings. The van der Waals surface area contributed by atoms with Gasteiger partial charge in [0.05, 0.1) is 0 Å². The highest BCUT2D eigenvalue weighted by Crippen LogP contribution is 2.33. The monoisotopic (exact) mass is 380 g/mol. The maximum atomic E-state index is 12.8. The Labute approximate surface area is 166 Å². The van der Waals surface area contributed by atoms with Gasteiger partial charge in [0.1, 0.15) is 0 Å². The largest absolute Gasteiger partial charge is 0.347 e. The van der Waals surface area contributed by atoms with Crippen molar-refractivity contribution in [3.8, 4) is 0 Å². The van der Waals surface area contributed by atoms with Crippen molar-refractivity contribution in [2.45, 2.75) is 26.2 Å². The predicted molar refractivity (Wildman–Crippen MR) is 115 cm³/mol. The summed E-state index contributed by atoms with van der Waals surface area (Å²) in [6, 6.07) is 15.6. The van der Waals surface area contributed by atoms with Gasteiger partial charge in [-0.1, -0.05) is 55.6 Å². The molecule has 1 aliphatic rings. The molecule has 3 rings (SSSR count). The van der Waals surface area contributed by atoms with E-state index in [1.807, 2.05) is 30.3 Å². The molecule has 0 fully saturated rings. The van der Waals surface area contributed by atoms with Crippen LogP contribution in [-0.2, 0) is 4.79 Å². The van der Waals surface area contributed by atoms with Gasteiger partial charge in [0.15, 0.2) is 0 Å². The van der Waals surface area contributed by atoms with Crippen molar-refractivity contribution in [3.05, 3.63) is 77.5 Å². The maximum Gasteiger partial charge on any atom is 0.251 e. The average Bonchev–Trinajstić information content (AvgIpc) is 2.69. The molecule has 0 radical (unpaired) electrons. The first-order valence-corrected chi connectivity index (χ1v) is 9.77. The number of halogens is 1. The van der Waals surface area contributed by atoms with Crippen LogP contribution in [0.3, 0.4) is 0 Å². The van der Waals surface area contributed by atoms with Crippen molar-refractivity contribution in [2.75, 3.05) is 23.4 Å². The lowest BCUT2D eigenvalue weighted by Crippen LogP contribution is -2.25. The van der Waals surface area contributed by atoms with E-state index >= 15 is 0 Å². The van der Waals surface area contributed by atoms with Gasteiger partial charge < -0.3 is 9.80 Å². The Morgan fingerprint density at radius 2 is 1.96 bits per heavy atom. The van der Waals surface area contributed by atoms with Gasteiger partial charge in [-0.15, -0.1) is 0 Å². The normalized spacial score (nSPS) is 14.3. The SMILES string of the molecule is CCCCCN1C=C/C(=C\C(=O)N(C)c2cccc(Cl)c2)c2ccccc21. The molecule has 0 aliphatic carbocycles. The number of benzene rings is 2. The van der Waals surface area contributed by atoms with Crippen LogP contribution in [-0.4, -0.2) is 19.5 Å². The fraction of sp³-hybridized carbons (Fsp3) is 0.261. The van der Waals surface area contributed by atoms with E-state index in [4.69, 9.17) is 11.6 Å². The molecule has 0 N–H and O–H groups in total. The molecule has 0 aromatic heterocycles. The van der Waals surface area contributed by atoms with Crippen LogP contribution >= 0.6 is 11.6 Å². The Balaban J connectivity index is 1.84. The lowest BCUT2D eigenvalue weighted by Gasteiger charge is -2.28. The molecule has 0 spiro atoms. The number of allylic oxidation sites excluding steroid dienone is 2. The summed E-state index contributed by atoms with van der Waals surface area (Å²) in [4.78, 5) is 16.7. The van der Waals surface area contributed by atoms with E-state index < -0.39 is 0 Å². The van der Waals surface area contributed by atoms with Crippen molar-refractivity contribution in [1.29, 1.82) is 0 Å². The van der Waals surface area contributed by atoms with Crippen LogP contribution in [0, 0.1) is 0 Å². The number of unbranched alkanes of at least 4 members (excludes halogenated alkanes) is 2. The summed E-state index contributed by atoms with van der Waals surface area (Å²) in [5, 5.41) is 0.616. The van der Waals surface area contributed by atoms with Gasteiger partial charge in [-0.05, 0) is 42.3 Å². The van der Waals surface area contributed by atoms with Gasteiger partial charge in [0, 0.05) is 47.8 Å². The van der Waals surface area contributed by atoms with E-state index in [1.54, 1.807) is 30.2 Å². The number of likely N-dealkylation sites (N-methyl/N-ethyl adjacent to an activating group) is 1. The van der Waals surface area contributed by atoms with Crippen LogP contribution in [0.1, 0.15) is 31.7 Å². The highest BCUT2D eigenvalue weighted by Gasteiger charge is 2.17. The zero-order valence-corrected chi connectivity index (χ0v) is 16.6. The van der Waals surface area contributed by atoms with Crippen molar-refractivity contribution in [2.24, 2.45) is 0 Å². The summed E-state index contributed by atoms with van der Waals surface area (Å²) in [6.45, 7) is 3.20. The van der Waals surface area contributed by atoms with E-state index in [0.29, 0.717) is 5.02 Å². The van der Waals surface area contributed by atoms with Crippen molar-refractivity contribution >= 4 is 34.5 Å². The number of hydrogen-bond donors (Lipinski definition) is 0. The van der Waals surface area contributed by atoms with E-state index in [1.165, 1.54) is 12.8 Å². The van der Waals surface area contributed by atoms with Crippen molar-refractivity contribution in [1.82, 2.24) is 0 Å². The molecule has 4 heteroatoms. The van der Waals surface area contributed by atoms with E-state index in [-0.39, 0.29) is 5.91 Å². The maximum absolute atomic E-state index is 12.8. The molecule has 0 saturated carbocycles. The number of nitrogens with zero attached hydrogens (tertiary/aromatic N) is 2. The minimum atomic E-state index is -0.0776. The highest BCUT2D eigenvalue weighted by atomic mass is 35.5. The molecular weight excluding hydrogens is 356 g/mol. The molecule has 1 aliphatic heterocycles. The number of para-hydroxylation sites is 1. The fourth-order valence-electron chi connectivity index (χ4n) is 3.20. The average molecular weight is 381 g/mol. The molecule has 1 heterocycles. The Bertz CT molecular complexity index is 872. The van der Waals surface area contributed by atoms with Crippen LogP contribution in [0.4, 0.5) is 11.4 Å². The first-order valence-electron chi connectivity index (χ1n) is 9.39. The van der Waals surface area contributed by atoms with Crippen molar-refractivity contribution in [3.63, 3.8) is 0 Å². The second-order valence-electron chi connectivity index (χ2n) is 6.71. The van der Waals surface area contributed by atoms with Crippen LogP contribution in [0.25, 0.3) is 5.57 Å². The summed E-state index contributed by atoms with van der Waals surface area (Å²) in [7, 11) is 1.76. The van der Waals surface area contributed by atoms with Gasteiger partial charge in [0.25, 0.3) is 5.91 Å². The molecule has 1 amide bonds. The highest BCUT2D eigenvalue weighted by molar-refractivity contribution is 6.31. The third-order valence-electron chi connectivity index (χ3n) is 4.77. The van der Waals surface area contributed by atoms with Crippen LogP contribution in [0.5, 0.6) is 0 Å². The summed E-state index contributed by atoms with van der Waals surface area (Å²) in [5.74, 6) is -0.0776. The Morgan fingerprint density at radius 1 is 1.15 bits per heavy atom. The van der Waals surface area contributed by atoms with Gasteiger partial charge in [-0.25, -0.2) is 0 Å². The Morgan fingerprint density at radius 3 is 2.74 bits per heavy atom. The molecule has 0 saturated heterocycles.